The van der Waals surface area contributed by atoms with E-state index in [1.165, 1.54) is 5.57 Å². The highest BCUT2D eigenvalue weighted by atomic mass is 16.5. The first-order valence-corrected chi connectivity index (χ1v) is 5.78. The van der Waals surface area contributed by atoms with Gasteiger partial charge >= 0.3 is 0 Å². The zero-order chi connectivity index (χ0) is 12.4. The summed E-state index contributed by atoms with van der Waals surface area (Å²) in [6.07, 6.45) is 9.86. The number of ether oxygens (including phenoxy) is 1. The molecule has 0 saturated carbocycles. The van der Waals surface area contributed by atoms with E-state index in [0.29, 0.717) is 6.61 Å². The monoisotopic (exact) mass is 224 g/mol. The van der Waals surface area contributed by atoms with Gasteiger partial charge < -0.3 is 9.84 Å². The molecule has 0 aliphatic heterocycles. The average molecular weight is 224 g/mol. The molecule has 0 saturated heterocycles. The lowest BCUT2D eigenvalue weighted by Crippen LogP contribution is -2.29. The average Bonchev–Trinajstić information content (AvgIpc) is 2.27. The van der Waals surface area contributed by atoms with Gasteiger partial charge in [0, 0.05) is 0 Å². The van der Waals surface area contributed by atoms with E-state index in [4.69, 9.17) is 9.84 Å². The van der Waals surface area contributed by atoms with Gasteiger partial charge in [0.1, 0.15) is 0 Å². The molecule has 16 heavy (non-hydrogen) atoms. The predicted octanol–water partition coefficient (Wildman–Crippen LogP) is 3.24. The van der Waals surface area contributed by atoms with Crippen LogP contribution in [0, 0.1) is 0 Å². The molecule has 0 aliphatic rings. The summed E-state index contributed by atoms with van der Waals surface area (Å²) in [5.41, 5.74) is 0.828. The molecule has 0 aromatic rings. The molecule has 1 N–H and O–H groups in total. The lowest BCUT2D eigenvalue weighted by Gasteiger charge is -2.21. The first-order valence-electron chi connectivity index (χ1n) is 5.78. The molecular formula is C14H24O2. The Bertz CT molecular complexity index is 249. The van der Waals surface area contributed by atoms with E-state index in [-0.39, 0.29) is 6.61 Å². The lowest BCUT2D eigenvalue weighted by atomic mass is 10.1. The van der Waals surface area contributed by atoms with Gasteiger partial charge in [0.2, 0.25) is 0 Å². The minimum Gasteiger partial charge on any atom is -0.393 e. The van der Waals surface area contributed by atoms with E-state index in [1.54, 1.807) is 6.08 Å². The zero-order valence-electron chi connectivity index (χ0n) is 10.7. The maximum Gasteiger partial charge on any atom is 0.0856 e. The molecule has 0 fully saturated rings. The third-order valence-electron chi connectivity index (χ3n) is 2.23. The van der Waals surface area contributed by atoms with E-state index < -0.39 is 5.60 Å². The summed E-state index contributed by atoms with van der Waals surface area (Å²) in [6.45, 7) is 10.2. The number of allylic oxidation sites excluding steroid dienone is 4. The largest absolute Gasteiger partial charge is 0.393 e. The molecule has 0 heterocycles. The fraction of sp³-hybridized carbons (Fsp3) is 0.571. The topological polar surface area (TPSA) is 29.5 Å². The highest BCUT2D eigenvalue weighted by molar-refractivity contribution is 5.22. The van der Waals surface area contributed by atoms with E-state index >= 15 is 0 Å². The number of aliphatic hydroxyl groups excluding tert-OH is 1. The molecular weight excluding hydrogens is 200 g/mol. The maximum absolute atomic E-state index is 8.98. The molecule has 0 unspecified atom stereocenters. The molecule has 0 rings (SSSR count). The normalized spacial score (nSPS) is 13.4. The fourth-order valence-electron chi connectivity index (χ4n) is 1.13. The second-order valence-corrected chi connectivity index (χ2v) is 4.29. The summed E-state index contributed by atoms with van der Waals surface area (Å²) in [5.74, 6) is 0. The van der Waals surface area contributed by atoms with Crippen LogP contribution in [0.2, 0.25) is 0 Å². The van der Waals surface area contributed by atoms with Crippen molar-refractivity contribution < 1.29 is 9.84 Å². The standard InChI is InChI=1S/C14H24O2/c1-5-9-13(6-2)10-7-8-11-16-14(3,4)12-15/h5,7,9-10,15H,1,6,8,11-12H2,2-4H3/b10-7-,13-9-. The third kappa shape index (κ3) is 7.43. The van der Waals surface area contributed by atoms with Crippen molar-refractivity contribution in [3.05, 3.63) is 36.5 Å². The second-order valence-electron chi connectivity index (χ2n) is 4.29. The molecule has 0 spiro atoms. The van der Waals surface area contributed by atoms with Crippen LogP contribution in [0.1, 0.15) is 33.6 Å². The Morgan fingerprint density at radius 1 is 1.44 bits per heavy atom. The Balaban J connectivity index is 3.85. The highest BCUT2D eigenvalue weighted by Gasteiger charge is 2.15. The summed E-state index contributed by atoms with van der Waals surface area (Å²) >= 11 is 0. The van der Waals surface area contributed by atoms with Crippen LogP contribution in [0.4, 0.5) is 0 Å². The summed E-state index contributed by atoms with van der Waals surface area (Å²) < 4.78 is 5.51. The molecule has 0 aromatic carbocycles. The molecule has 92 valence electrons. The molecule has 0 aliphatic carbocycles. The van der Waals surface area contributed by atoms with Crippen LogP contribution in [0.15, 0.2) is 36.5 Å². The van der Waals surface area contributed by atoms with Gasteiger partial charge in [-0.05, 0) is 32.3 Å². The summed E-state index contributed by atoms with van der Waals surface area (Å²) in [5, 5.41) is 8.98. The minimum atomic E-state index is -0.432. The predicted molar refractivity (Wildman–Crippen MR) is 69.4 cm³/mol. The smallest absolute Gasteiger partial charge is 0.0856 e. The Morgan fingerprint density at radius 3 is 2.62 bits per heavy atom. The van der Waals surface area contributed by atoms with Gasteiger partial charge in [0.05, 0.1) is 18.8 Å². The van der Waals surface area contributed by atoms with Crippen molar-refractivity contribution in [1.82, 2.24) is 0 Å². The molecule has 0 atom stereocenters. The van der Waals surface area contributed by atoms with E-state index in [2.05, 4.69) is 25.7 Å². The van der Waals surface area contributed by atoms with Gasteiger partial charge in [-0.1, -0.05) is 37.8 Å². The third-order valence-corrected chi connectivity index (χ3v) is 2.23. The molecule has 0 radical (unpaired) electrons. The van der Waals surface area contributed by atoms with Crippen LogP contribution < -0.4 is 0 Å². The van der Waals surface area contributed by atoms with Gasteiger partial charge in [-0.25, -0.2) is 0 Å². The van der Waals surface area contributed by atoms with Crippen molar-refractivity contribution in [2.24, 2.45) is 0 Å². The van der Waals surface area contributed by atoms with E-state index in [9.17, 15) is 0 Å². The first-order chi connectivity index (χ1) is 7.55. The van der Waals surface area contributed by atoms with Crippen molar-refractivity contribution in [1.29, 1.82) is 0 Å². The van der Waals surface area contributed by atoms with Gasteiger partial charge in [0.15, 0.2) is 0 Å². The van der Waals surface area contributed by atoms with Crippen LogP contribution in [0.3, 0.4) is 0 Å². The molecule has 0 aromatic heterocycles. The maximum atomic E-state index is 8.98. The molecule has 0 amide bonds. The highest BCUT2D eigenvalue weighted by Crippen LogP contribution is 2.08. The number of hydrogen-bond acceptors (Lipinski definition) is 2. The minimum absolute atomic E-state index is 0.0489. The molecule has 2 heteroatoms. The Kier molecular flexibility index (Phi) is 7.86. The molecule has 2 nitrogen and oxygen atoms in total. The van der Waals surface area contributed by atoms with Gasteiger partial charge in [-0.15, -0.1) is 0 Å². The summed E-state index contributed by atoms with van der Waals surface area (Å²) in [4.78, 5) is 0. The fourth-order valence-corrected chi connectivity index (χ4v) is 1.13. The van der Waals surface area contributed by atoms with Crippen molar-refractivity contribution in [2.45, 2.75) is 39.2 Å². The van der Waals surface area contributed by atoms with E-state index in [1.807, 2.05) is 19.9 Å². The number of hydrogen-bond donors (Lipinski definition) is 1. The van der Waals surface area contributed by atoms with Crippen LogP contribution >= 0.6 is 0 Å². The van der Waals surface area contributed by atoms with Gasteiger partial charge in [-0.3, -0.25) is 0 Å². The quantitative estimate of drug-likeness (QED) is 0.506. The summed E-state index contributed by atoms with van der Waals surface area (Å²) in [7, 11) is 0. The zero-order valence-corrected chi connectivity index (χ0v) is 10.7. The Labute approximate surface area is 99.3 Å². The number of aliphatic hydroxyl groups is 1. The molecule has 0 bridgehead atoms. The Morgan fingerprint density at radius 2 is 2.12 bits per heavy atom. The second kappa shape index (κ2) is 8.31. The van der Waals surface area contributed by atoms with Crippen molar-refractivity contribution in [2.75, 3.05) is 13.2 Å². The van der Waals surface area contributed by atoms with E-state index in [0.717, 1.165) is 12.8 Å². The number of rotatable bonds is 8. The van der Waals surface area contributed by atoms with Gasteiger partial charge in [-0.2, -0.15) is 0 Å². The van der Waals surface area contributed by atoms with Crippen LogP contribution in [0.25, 0.3) is 0 Å². The van der Waals surface area contributed by atoms with Gasteiger partial charge in [0.25, 0.3) is 0 Å². The first kappa shape index (κ1) is 15.1. The van der Waals surface area contributed by atoms with Crippen LogP contribution in [0.5, 0.6) is 0 Å². The summed E-state index contributed by atoms with van der Waals surface area (Å²) in [6, 6.07) is 0. The Hall–Kier alpha value is -0.860. The SMILES string of the molecule is C=C/C=C(\C=C/CCOC(C)(C)CO)CC. The van der Waals surface area contributed by atoms with Crippen molar-refractivity contribution in [3.8, 4) is 0 Å². The van der Waals surface area contributed by atoms with Crippen molar-refractivity contribution >= 4 is 0 Å². The van der Waals surface area contributed by atoms with Crippen LogP contribution in [-0.2, 0) is 4.74 Å². The van der Waals surface area contributed by atoms with Crippen LogP contribution in [-0.4, -0.2) is 23.9 Å². The lowest BCUT2D eigenvalue weighted by molar-refractivity contribution is -0.0515. The van der Waals surface area contributed by atoms with Crippen molar-refractivity contribution in [3.63, 3.8) is 0 Å².